The summed E-state index contributed by atoms with van der Waals surface area (Å²) in [7, 11) is 0. The molecule has 0 saturated heterocycles. The van der Waals surface area contributed by atoms with Gasteiger partial charge in [-0.2, -0.15) is 0 Å². The summed E-state index contributed by atoms with van der Waals surface area (Å²) in [6, 6.07) is 7.75. The lowest BCUT2D eigenvalue weighted by Crippen LogP contribution is -1.89. The van der Waals surface area contributed by atoms with Crippen molar-refractivity contribution in [3.8, 4) is 5.75 Å². The maximum atomic E-state index is 11.1. The van der Waals surface area contributed by atoms with E-state index in [2.05, 4.69) is 17.2 Å². The van der Waals surface area contributed by atoms with Crippen molar-refractivity contribution in [2.24, 2.45) is 10.2 Å². The number of nitro groups is 1. The summed E-state index contributed by atoms with van der Waals surface area (Å²) in [5, 5.41) is 29.6. The van der Waals surface area contributed by atoms with Gasteiger partial charge in [-0.3, -0.25) is 10.1 Å². The summed E-state index contributed by atoms with van der Waals surface area (Å²) in [5.74, 6) is 0.0643. The van der Waals surface area contributed by atoms with Gasteiger partial charge in [0, 0.05) is 11.1 Å². The van der Waals surface area contributed by atoms with Gasteiger partial charge in [0.25, 0.3) is 5.69 Å². The fraction of sp³-hybridized carbons (Fsp3) is 0.294. The van der Waals surface area contributed by atoms with Crippen LogP contribution in [0.3, 0.4) is 0 Å². The van der Waals surface area contributed by atoms with Crippen LogP contribution in [0.5, 0.6) is 5.75 Å². The van der Waals surface area contributed by atoms with Crippen molar-refractivity contribution < 1.29 is 10.0 Å². The molecule has 0 aliphatic heterocycles. The molecule has 0 unspecified atom stereocenters. The van der Waals surface area contributed by atoms with Crippen molar-refractivity contribution in [3.63, 3.8) is 0 Å². The van der Waals surface area contributed by atoms with Crippen molar-refractivity contribution in [1.82, 2.24) is 0 Å². The number of hydrogen-bond acceptors (Lipinski definition) is 5. The standard InChI is InChI=1S/C17H18ClN3O3/c1-3-4-5-12-8-11(2)9-15(17(12)22)20-19-14-7-6-13(18)10-16(14)21(23)24/h6-10,22H,3-5H2,1-2H3. The molecule has 126 valence electrons. The Morgan fingerprint density at radius 3 is 2.58 bits per heavy atom. The summed E-state index contributed by atoms with van der Waals surface area (Å²) < 4.78 is 0. The highest BCUT2D eigenvalue weighted by molar-refractivity contribution is 6.30. The molecule has 6 nitrogen and oxygen atoms in total. The summed E-state index contributed by atoms with van der Waals surface area (Å²) in [6.07, 6.45) is 2.71. The van der Waals surface area contributed by atoms with Crippen LogP contribution in [-0.2, 0) is 6.42 Å². The Morgan fingerprint density at radius 1 is 1.21 bits per heavy atom. The van der Waals surface area contributed by atoms with Gasteiger partial charge in [0.05, 0.1) is 4.92 Å². The molecule has 0 radical (unpaired) electrons. The summed E-state index contributed by atoms with van der Waals surface area (Å²) in [5.41, 5.74) is 1.89. The van der Waals surface area contributed by atoms with E-state index < -0.39 is 4.92 Å². The highest BCUT2D eigenvalue weighted by atomic mass is 35.5. The van der Waals surface area contributed by atoms with Crippen LogP contribution in [0.4, 0.5) is 17.1 Å². The third-order valence-electron chi connectivity index (χ3n) is 3.51. The first-order valence-corrected chi connectivity index (χ1v) is 7.98. The predicted molar refractivity (Wildman–Crippen MR) is 93.7 cm³/mol. The van der Waals surface area contributed by atoms with E-state index in [0.29, 0.717) is 5.69 Å². The normalized spacial score (nSPS) is 11.1. The van der Waals surface area contributed by atoms with Crippen LogP contribution < -0.4 is 0 Å². The van der Waals surface area contributed by atoms with E-state index in [1.807, 2.05) is 13.0 Å². The van der Waals surface area contributed by atoms with E-state index >= 15 is 0 Å². The number of unbranched alkanes of at least 4 members (excludes halogenated alkanes) is 1. The maximum Gasteiger partial charge on any atom is 0.298 e. The number of nitrogens with zero attached hydrogens (tertiary/aromatic N) is 3. The quantitative estimate of drug-likeness (QED) is 0.393. The Balaban J connectivity index is 2.39. The Labute approximate surface area is 145 Å². The Morgan fingerprint density at radius 2 is 1.92 bits per heavy atom. The molecule has 2 rings (SSSR count). The van der Waals surface area contributed by atoms with Gasteiger partial charge in [-0.1, -0.05) is 31.0 Å². The molecule has 0 fully saturated rings. The van der Waals surface area contributed by atoms with Gasteiger partial charge >= 0.3 is 0 Å². The van der Waals surface area contributed by atoms with Crippen LogP contribution in [-0.4, -0.2) is 10.0 Å². The van der Waals surface area contributed by atoms with Crippen molar-refractivity contribution in [3.05, 3.63) is 56.6 Å². The van der Waals surface area contributed by atoms with E-state index in [-0.39, 0.29) is 22.1 Å². The number of benzene rings is 2. The molecule has 2 aromatic rings. The third kappa shape index (κ3) is 4.29. The van der Waals surface area contributed by atoms with E-state index in [0.717, 1.165) is 30.4 Å². The lowest BCUT2D eigenvalue weighted by atomic mass is 10.0. The Bertz CT molecular complexity index is 791. The second kappa shape index (κ2) is 7.88. The van der Waals surface area contributed by atoms with Crippen LogP contribution in [0.15, 0.2) is 40.6 Å². The first-order valence-electron chi connectivity index (χ1n) is 7.60. The van der Waals surface area contributed by atoms with Gasteiger partial charge in [-0.05, 0) is 49.1 Å². The van der Waals surface area contributed by atoms with Gasteiger partial charge in [-0.15, -0.1) is 10.2 Å². The van der Waals surface area contributed by atoms with Gasteiger partial charge < -0.3 is 5.11 Å². The largest absolute Gasteiger partial charge is 0.505 e. The van der Waals surface area contributed by atoms with Crippen molar-refractivity contribution in [2.75, 3.05) is 0 Å². The molecular weight excluding hydrogens is 330 g/mol. The van der Waals surface area contributed by atoms with Crippen molar-refractivity contribution in [2.45, 2.75) is 33.1 Å². The summed E-state index contributed by atoms with van der Waals surface area (Å²) >= 11 is 5.78. The van der Waals surface area contributed by atoms with E-state index in [4.69, 9.17) is 11.6 Å². The third-order valence-corrected chi connectivity index (χ3v) is 3.75. The number of aromatic hydroxyl groups is 1. The fourth-order valence-corrected chi connectivity index (χ4v) is 2.47. The SMILES string of the molecule is CCCCc1cc(C)cc(N=Nc2ccc(Cl)cc2[N+](=O)[O-])c1O. The molecule has 0 saturated carbocycles. The molecule has 0 heterocycles. The van der Waals surface area contributed by atoms with Crippen LogP contribution >= 0.6 is 11.6 Å². The summed E-state index contributed by atoms with van der Waals surface area (Å²) in [4.78, 5) is 10.5. The number of halogens is 1. The monoisotopic (exact) mass is 347 g/mol. The number of phenolic OH excluding ortho intramolecular Hbond substituents is 1. The minimum atomic E-state index is -0.566. The van der Waals surface area contributed by atoms with E-state index in [1.54, 1.807) is 6.07 Å². The molecule has 0 aliphatic rings. The molecule has 1 N–H and O–H groups in total. The zero-order chi connectivity index (χ0) is 17.7. The predicted octanol–water partition coefficient (Wildman–Crippen LogP) is 6.02. The molecule has 7 heteroatoms. The first kappa shape index (κ1) is 17.9. The van der Waals surface area contributed by atoms with Gasteiger partial charge in [0.1, 0.15) is 11.4 Å². The molecule has 0 atom stereocenters. The zero-order valence-corrected chi connectivity index (χ0v) is 14.2. The molecule has 2 aromatic carbocycles. The molecule has 0 spiro atoms. The van der Waals surface area contributed by atoms with Gasteiger partial charge in [0.15, 0.2) is 5.69 Å². The minimum absolute atomic E-state index is 0.0643. The molecule has 0 amide bonds. The number of hydrogen-bond donors (Lipinski definition) is 1. The van der Waals surface area contributed by atoms with E-state index in [1.165, 1.54) is 18.2 Å². The molecule has 24 heavy (non-hydrogen) atoms. The fourth-order valence-electron chi connectivity index (χ4n) is 2.30. The van der Waals surface area contributed by atoms with Crippen LogP contribution in [0.1, 0.15) is 30.9 Å². The van der Waals surface area contributed by atoms with Crippen LogP contribution in [0, 0.1) is 17.0 Å². The Kier molecular flexibility index (Phi) is 5.87. The number of rotatable bonds is 6. The Hall–Kier alpha value is -2.47. The highest BCUT2D eigenvalue weighted by Gasteiger charge is 2.15. The number of aryl methyl sites for hydroxylation is 2. The minimum Gasteiger partial charge on any atom is -0.505 e. The van der Waals surface area contributed by atoms with Crippen molar-refractivity contribution >= 4 is 28.7 Å². The average Bonchev–Trinajstić information content (AvgIpc) is 2.54. The van der Waals surface area contributed by atoms with E-state index in [9.17, 15) is 15.2 Å². The summed E-state index contributed by atoms with van der Waals surface area (Å²) in [6.45, 7) is 3.98. The molecule has 0 bridgehead atoms. The zero-order valence-electron chi connectivity index (χ0n) is 13.5. The second-order valence-electron chi connectivity index (χ2n) is 5.49. The molecular formula is C17H18ClN3O3. The smallest absolute Gasteiger partial charge is 0.298 e. The maximum absolute atomic E-state index is 11.1. The number of phenols is 1. The van der Waals surface area contributed by atoms with Gasteiger partial charge in [0.2, 0.25) is 0 Å². The topological polar surface area (TPSA) is 88.1 Å². The second-order valence-corrected chi connectivity index (χ2v) is 5.92. The highest BCUT2D eigenvalue weighted by Crippen LogP contribution is 2.36. The number of azo groups is 1. The van der Waals surface area contributed by atoms with Gasteiger partial charge in [-0.25, -0.2) is 0 Å². The van der Waals surface area contributed by atoms with Crippen LogP contribution in [0.25, 0.3) is 0 Å². The first-order chi connectivity index (χ1) is 11.4. The van der Waals surface area contributed by atoms with Crippen molar-refractivity contribution in [1.29, 1.82) is 0 Å². The lowest BCUT2D eigenvalue weighted by molar-refractivity contribution is -0.384. The average molecular weight is 348 g/mol. The molecule has 0 aromatic heterocycles. The lowest BCUT2D eigenvalue weighted by Gasteiger charge is -2.08. The van der Waals surface area contributed by atoms with Crippen LogP contribution in [0.2, 0.25) is 5.02 Å². The number of nitro benzene ring substituents is 1. The molecule has 0 aliphatic carbocycles.